The van der Waals surface area contributed by atoms with E-state index in [2.05, 4.69) is 5.92 Å². The molecule has 9 heteroatoms. The number of hydrogen-bond donors (Lipinski definition) is 2. The molecule has 0 amide bonds. The summed E-state index contributed by atoms with van der Waals surface area (Å²) >= 11 is 1.48. The van der Waals surface area contributed by atoms with Gasteiger partial charge in [-0.05, 0) is 54.1 Å². The molecule has 0 aliphatic rings. The summed E-state index contributed by atoms with van der Waals surface area (Å²) in [6.07, 6.45) is -3.25. The van der Waals surface area contributed by atoms with Crippen molar-refractivity contribution in [2.45, 2.75) is 21.6 Å². The Kier molecular flexibility index (Phi) is 6.72. The number of rotatable bonds is 4. The molecule has 3 aromatic carbocycles. The molecule has 0 bridgehead atoms. The standard InChI is InChI=1S/C23H18F3NO3S2/c1-31-19-11-9-16(10-12-19)13-14-22(28,23(24,25)26)18-6-4-5-17(15-18)20-7-2-3-8-21(20)32(27,29)30/h2-12,15,28H,1H3,(H2,27,29,30). The highest BCUT2D eigenvalue weighted by Crippen LogP contribution is 2.40. The first-order chi connectivity index (χ1) is 15.0. The largest absolute Gasteiger partial charge is 0.433 e. The van der Waals surface area contributed by atoms with Crippen LogP contribution in [0.5, 0.6) is 0 Å². The summed E-state index contributed by atoms with van der Waals surface area (Å²) in [5.74, 6) is 4.35. The first-order valence-corrected chi connectivity index (χ1v) is 11.9. The third-order valence-corrected chi connectivity index (χ3v) is 6.39. The van der Waals surface area contributed by atoms with E-state index in [1.807, 2.05) is 12.2 Å². The molecule has 0 saturated carbocycles. The van der Waals surface area contributed by atoms with Crippen molar-refractivity contribution in [1.82, 2.24) is 0 Å². The normalized spacial score (nSPS) is 13.7. The second-order valence-corrected chi connectivity index (χ2v) is 9.22. The number of nitrogens with two attached hydrogens (primary N) is 1. The third kappa shape index (κ3) is 5.00. The summed E-state index contributed by atoms with van der Waals surface area (Å²) in [7, 11) is -4.12. The second-order valence-electron chi connectivity index (χ2n) is 6.81. The summed E-state index contributed by atoms with van der Waals surface area (Å²) in [5, 5.41) is 15.9. The topological polar surface area (TPSA) is 80.4 Å². The smallest absolute Gasteiger partial charge is 0.366 e. The van der Waals surface area contributed by atoms with Gasteiger partial charge in [-0.25, -0.2) is 13.6 Å². The van der Waals surface area contributed by atoms with Crippen LogP contribution in [0.4, 0.5) is 13.2 Å². The van der Waals surface area contributed by atoms with Gasteiger partial charge in [0.2, 0.25) is 15.6 Å². The van der Waals surface area contributed by atoms with Crippen molar-refractivity contribution < 1.29 is 26.7 Å². The van der Waals surface area contributed by atoms with Crippen LogP contribution in [0.2, 0.25) is 0 Å². The number of benzene rings is 3. The molecule has 0 aliphatic heterocycles. The number of primary sulfonamides is 1. The average molecular weight is 478 g/mol. The maximum atomic E-state index is 13.9. The van der Waals surface area contributed by atoms with Gasteiger partial charge in [0, 0.05) is 21.6 Å². The molecule has 1 unspecified atom stereocenters. The van der Waals surface area contributed by atoms with E-state index < -0.39 is 27.4 Å². The summed E-state index contributed by atoms with van der Waals surface area (Å²) in [5.41, 5.74) is -3.46. The van der Waals surface area contributed by atoms with Crippen molar-refractivity contribution in [1.29, 1.82) is 0 Å². The molecule has 32 heavy (non-hydrogen) atoms. The Bertz CT molecular complexity index is 1290. The molecule has 3 N–H and O–H groups in total. The number of halogens is 3. The summed E-state index contributed by atoms with van der Waals surface area (Å²) in [4.78, 5) is 0.676. The quantitative estimate of drug-likeness (QED) is 0.428. The number of aliphatic hydroxyl groups is 1. The van der Waals surface area contributed by atoms with Crippen molar-refractivity contribution in [2.24, 2.45) is 5.14 Å². The SMILES string of the molecule is CSc1ccc(C#CC(O)(c2cccc(-c3ccccc3S(N)(=O)=O)c2)C(F)(F)F)cc1. The fraction of sp³-hybridized carbons (Fsp3) is 0.130. The lowest BCUT2D eigenvalue weighted by Crippen LogP contribution is -2.41. The molecular weight excluding hydrogens is 459 g/mol. The van der Waals surface area contributed by atoms with E-state index in [4.69, 9.17) is 5.14 Å². The van der Waals surface area contributed by atoms with E-state index in [-0.39, 0.29) is 16.0 Å². The number of alkyl halides is 3. The van der Waals surface area contributed by atoms with Crippen LogP contribution in [0.1, 0.15) is 11.1 Å². The molecular formula is C23H18F3NO3S2. The predicted octanol–water partition coefficient (Wildman–Crippen LogP) is 4.52. The molecule has 0 aromatic heterocycles. The van der Waals surface area contributed by atoms with Crippen LogP contribution in [-0.4, -0.2) is 26.0 Å². The van der Waals surface area contributed by atoms with Crippen LogP contribution in [0, 0.1) is 11.8 Å². The van der Waals surface area contributed by atoms with E-state index in [1.165, 1.54) is 48.2 Å². The third-order valence-electron chi connectivity index (χ3n) is 4.67. The van der Waals surface area contributed by atoms with E-state index in [0.717, 1.165) is 17.0 Å². The Morgan fingerprint density at radius 3 is 2.22 bits per heavy atom. The van der Waals surface area contributed by atoms with Crippen LogP contribution < -0.4 is 5.14 Å². The first kappa shape index (κ1) is 23.9. The van der Waals surface area contributed by atoms with Gasteiger partial charge in [0.1, 0.15) is 0 Å². The highest BCUT2D eigenvalue weighted by atomic mass is 32.2. The maximum absolute atomic E-state index is 13.9. The van der Waals surface area contributed by atoms with Crippen LogP contribution >= 0.6 is 11.8 Å². The molecule has 4 nitrogen and oxygen atoms in total. The van der Waals surface area contributed by atoms with Gasteiger partial charge in [0.05, 0.1) is 4.90 Å². The number of hydrogen-bond acceptors (Lipinski definition) is 4. The molecule has 0 spiro atoms. The van der Waals surface area contributed by atoms with E-state index >= 15 is 0 Å². The molecule has 166 valence electrons. The highest BCUT2D eigenvalue weighted by molar-refractivity contribution is 7.98. The molecule has 0 radical (unpaired) electrons. The first-order valence-electron chi connectivity index (χ1n) is 9.15. The van der Waals surface area contributed by atoms with Gasteiger partial charge in [0.25, 0.3) is 0 Å². The van der Waals surface area contributed by atoms with Gasteiger partial charge < -0.3 is 5.11 Å². The van der Waals surface area contributed by atoms with Gasteiger partial charge in [-0.15, -0.1) is 11.8 Å². The van der Waals surface area contributed by atoms with E-state index in [9.17, 15) is 26.7 Å². The van der Waals surface area contributed by atoms with Crippen molar-refractivity contribution >= 4 is 21.8 Å². The fourth-order valence-corrected chi connectivity index (χ4v) is 4.18. The zero-order valence-corrected chi connectivity index (χ0v) is 18.4. The number of sulfonamides is 1. The van der Waals surface area contributed by atoms with Crippen molar-refractivity contribution in [2.75, 3.05) is 6.26 Å². The second kappa shape index (κ2) is 9.00. The minimum absolute atomic E-state index is 0.113. The highest BCUT2D eigenvalue weighted by Gasteiger charge is 2.54. The number of thioether (sulfide) groups is 1. The molecule has 0 fully saturated rings. The molecule has 0 heterocycles. The summed E-state index contributed by atoms with van der Waals surface area (Å²) in [6.45, 7) is 0. The molecule has 1 atom stereocenters. The summed E-state index contributed by atoms with van der Waals surface area (Å²) < 4.78 is 65.6. The maximum Gasteiger partial charge on any atom is 0.433 e. The minimum Gasteiger partial charge on any atom is -0.366 e. The lowest BCUT2D eigenvalue weighted by atomic mass is 9.90. The lowest BCUT2D eigenvalue weighted by Gasteiger charge is -2.26. The van der Waals surface area contributed by atoms with Gasteiger partial charge in [-0.1, -0.05) is 42.3 Å². The van der Waals surface area contributed by atoms with Gasteiger partial charge in [0.15, 0.2) is 0 Å². The van der Waals surface area contributed by atoms with Crippen molar-refractivity contribution in [3.8, 4) is 23.0 Å². The monoisotopic (exact) mass is 477 g/mol. The fourth-order valence-electron chi connectivity index (χ4n) is 3.01. The Labute approximate surface area is 188 Å². The van der Waals surface area contributed by atoms with E-state index in [1.54, 1.807) is 24.3 Å². The Hall–Kier alpha value is -2.77. The molecule has 3 aromatic rings. The molecule has 0 saturated heterocycles. The van der Waals surface area contributed by atoms with Crippen molar-refractivity contribution in [3.05, 3.63) is 83.9 Å². The Morgan fingerprint density at radius 1 is 0.969 bits per heavy atom. The minimum atomic E-state index is -5.11. The molecule has 3 rings (SSSR count). The Morgan fingerprint density at radius 2 is 1.62 bits per heavy atom. The van der Waals surface area contributed by atoms with E-state index in [0.29, 0.717) is 5.56 Å². The average Bonchev–Trinajstić information content (AvgIpc) is 2.76. The van der Waals surface area contributed by atoms with Gasteiger partial charge >= 0.3 is 6.18 Å². The van der Waals surface area contributed by atoms with Gasteiger partial charge in [-0.3, -0.25) is 0 Å². The van der Waals surface area contributed by atoms with Crippen LogP contribution in [0.3, 0.4) is 0 Å². The summed E-state index contributed by atoms with van der Waals surface area (Å²) in [6, 6.07) is 17.1. The Balaban J connectivity index is 2.13. The molecule has 0 aliphatic carbocycles. The van der Waals surface area contributed by atoms with Crippen LogP contribution in [0.15, 0.2) is 82.6 Å². The van der Waals surface area contributed by atoms with Crippen LogP contribution in [0.25, 0.3) is 11.1 Å². The lowest BCUT2D eigenvalue weighted by molar-refractivity contribution is -0.240. The van der Waals surface area contributed by atoms with Crippen LogP contribution in [-0.2, 0) is 15.6 Å². The van der Waals surface area contributed by atoms with Gasteiger partial charge in [-0.2, -0.15) is 13.2 Å². The zero-order valence-electron chi connectivity index (χ0n) is 16.7. The zero-order chi connectivity index (χ0) is 23.6. The van der Waals surface area contributed by atoms with Crippen molar-refractivity contribution in [3.63, 3.8) is 0 Å². The predicted molar refractivity (Wildman–Crippen MR) is 118 cm³/mol.